The van der Waals surface area contributed by atoms with Gasteiger partial charge in [-0.25, -0.2) is 4.39 Å². The maximum absolute atomic E-state index is 13.2. The fraction of sp³-hybridized carbons (Fsp3) is 0.467. The highest BCUT2D eigenvalue weighted by Crippen LogP contribution is 2.15. The molecule has 1 N–H and O–H groups in total. The van der Waals surface area contributed by atoms with Gasteiger partial charge in [-0.2, -0.15) is 0 Å². The number of amides is 1. The van der Waals surface area contributed by atoms with E-state index in [0.29, 0.717) is 18.8 Å². The fourth-order valence-electron chi connectivity index (χ4n) is 1.82. The van der Waals surface area contributed by atoms with Crippen LogP contribution in [0, 0.1) is 12.7 Å². The molecule has 0 atom stereocenters. The molecule has 0 spiro atoms. The van der Waals surface area contributed by atoms with E-state index in [4.69, 9.17) is 0 Å². The SMILES string of the molecule is CCN(CCC(=O)OC)CC(=O)Nc1cc(F)ccc1C. The first-order valence-corrected chi connectivity index (χ1v) is 6.81. The summed E-state index contributed by atoms with van der Waals surface area (Å²) in [6.45, 7) is 4.91. The number of anilines is 1. The number of benzene rings is 1. The zero-order valence-corrected chi connectivity index (χ0v) is 12.6. The molecular weight excluding hydrogens is 275 g/mol. The standard InChI is InChI=1S/C15H21FN2O3/c1-4-18(8-7-15(20)21-3)10-14(19)17-13-9-12(16)6-5-11(13)2/h5-6,9H,4,7-8,10H2,1-3H3,(H,17,19). The molecule has 0 saturated carbocycles. The third-order valence-corrected chi connectivity index (χ3v) is 3.15. The number of hydrogen-bond acceptors (Lipinski definition) is 4. The number of halogens is 1. The van der Waals surface area contributed by atoms with E-state index in [1.807, 2.05) is 11.8 Å². The molecular formula is C15H21FN2O3. The number of aryl methyl sites for hydroxylation is 1. The highest BCUT2D eigenvalue weighted by atomic mass is 19.1. The van der Waals surface area contributed by atoms with Gasteiger partial charge in [-0.1, -0.05) is 13.0 Å². The van der Waals surface area contributed by atoms with Crippen molar-refractivity contribution in [2.24, 2.45) is 0 Å². The number of nitrogens with one attached hydrogen (secondary N) is 1. The van der Waals surface area contributed by atoms with Crippen molar-refractivity contribution in [3.05, 3.63) is 29.6 Å². The van der Waals surface area contributed by atoms with Gasteiger partial charge in [0.2, 0.25) is 5.91 Å². The van der Waals surface area contributed by atoms with Crippen LogP contribution in [-0.2, 0) is 14.3 Å². The molecule has 0 aliphatic heterocycles. The third-order valence-electron chi connectivity index (χ3n) is 3.15. The van der Waals surface area contributed by atoms with Crippen LogP contribution in [-0.4, -0.2) is 43.5 Å². The van der Waals surface area contributed by atoms with Gasteiger partial charge in [0.15, 0.2) is 0 Å². The van der Waals surface area contributed by atoms with E-state index >= 15 is 0 Å². The number of esters is 1. The van der Waals surface area contributed by atoms with Gasteiger partial charge in [0.05, 0.1) is 20.1 Å². The molecule has 0 unspecified atom stereocenters. The van der Waals surface area contributed by atoms with Gasteiger partial charge in [0.1, 0.15) is 5.82 Å². The molecule has 0 heterocycles. The summed E-state index contributed by atoms with van der Waals surface area (Å²) in [5.74, 6) is -0.945. The molecule has 0 aromatic heterocycles. The minimum absolute atomic E-state index is 0.142. The number of nitrogens with zero attached hydrogens (tertiary/aromatic N) is 1. The number of carbonyl (C=O) groups excluding carboxylic acids is 2. The number of methoxy groups -OCH3 is 1. The Bertz CT molecular complexity index is 506. The van der Waals surface area contributed by atoms with Crippen LogP contribution in [0.5, 0.6) is 0 Å². The summed E-state index contributed by atoms with van der Waals surface area (Å²) in [6, 6.07) is 4.25. The monoisotopic (exact) mass is 296 g/mol. The fourth-order valence-corrected chi connectivity index (χ4v) is 1.82. The molecule has 1 rings (SSSR count). The van der Waals surface area contributed by atoms with Gasteiger partial charge >= 0.3 is 5.97 Å². The van der Waals surface area contributed by atoms with Crippen LogP contribution >= 0.6 is 0 Å². The second-order valence-electron chi connectivity index (χ2n) is 4.70. The Kier molecular flexibility index (Phi) is 6.81. The first-order chi connectivity index (χ1) is 9.96. The van der Waals surface area contributed by atoms with E-state index in [2.05, 4.69) is 10.1 Å². The molecule has 0 bridgehead atoms. The van der Waals surface area contributed by atoms with Crippen LogP contribution < -0.4 is 5.32 Å². The molecule has 6 heteroatoms. The summed E-state index contributed by atoms with van der Waals surface area (Å²) in [5.41, 5.74) is 1.26. The summed E-state index contributed by atoms with van der Waals surface area (Å²) in [4.78, 5) is 24.9. The number of likely N-dealkylation sites (N-methyl/N-ethyl adjacent to an activating group) is 1. The Morgan fingerprint density at radius 3 is 2.71 bits per heavy atom. The third kappa shape index (κ3) is 5.91. The lowest BCUT2D eigenvalue weighted by Gasteiger charge is -2.19. The van der Waals surface area contributed by atoms with Crippen molar-refractivity contribution in [3.8, 4) is 0 Å². The van der Waals surface area contributed by atoms with Crippen LogP contribution in [0.1, 0.15) is 18.9 Å². The van der Waals surface area contributed by atoms with E-state index in [9.17, 15) is 14.0 Å². The van der Waals surface area contributed by atoms with Gasteiger partial charge in [0, 0.05) is 12.2 Å². The van der Waals surface area contributed by atoms with Crippen molar-refractivity contribution in [2.75, 3.05) is 32.1 Å². The van der Waals surface area contributed by atoms with Gasteiger partial charge < -0.3 is 10.1 Å². The highest BCUT2D eigenvalue weighted by Gasteiger charge is 2.12. The molecule has 0 fully saturated rings. The van der Waals surface area contributed by atoms with E-state index < -0.39 is 5.82 Å². The van der Waals surface area contributed by atoms with Crippen molar-refractivity contribution in [1.82, 2.24) is 4.90 Å². The largest absolute Gasteiger partial charge is 0.469 e. The molecule has 1 amide bonds. The van der Waals surface area contributed by atoms with Crippen molar-refractivity contribution in [1.29, 1.82) is 0 Å². The lowest BCUT2D eigenvalue weighted by molar-refractivity contribution is -0.141. The maximum atomic E-state index is 13.2. The molecule has 0 aliphatic rings. The smallest absolute Gasteiger partial charge is 0.306 e. The van der Waals surface area contributed by atoms with Gasteiger partial charge in [0.25, 0.3) is 0 Å². The summed E-state index contributed by atoms with van der Waals surface area (Å²) in [7, 11) is 1.33. The van der Waals surface area contributed by atoms with Gasteiger partial charge in [-0.3, -0.25) is 14.5 Å². The molecule has 116 valence electrons. The van der Waals surface area contributed by atoms with Crippen molar-refractivity contribution < 1.29 is 18.7 Å². The van der Waals surface area contributed by atoms with E-state index in [-0.39, 0.29) is 24.8 Å². The summed E-state index contributed by atoms with van der Waals surface area (Å²) >= 11 is 0. The van der Waals surface area contributed by atoms with Crippen LogP contribution in [0.4, 0.5) is 10.1 Å². The Hall–Kier alpha value is -1.95. The van der Waals surface area contributed by atoms with E-state index in [0.717, 1.165) is 5.56 Å². The van der Waals surface area contributed by atoms with E-state index in [1.54, 1.807) is 13.0 Å². The average molecular weight is 296 g/mol. The maximum Gasteiger partial charge on any atom is 0.306 e. The second-order valence-corrected chi connectivity index (χ2v) is 4.70. The number of rotatable bonds is 7. The predicted molar refractivity (Wildman–Crippen MR) is 78.5 cm³/mol. The van der Waals surface area contributed by atoms with Crippen LogP contribution in [0.25, 0.3) is 0 Å². The quantitative estimate of drug-likeness (QED) is 0.781. The summed E-state index contributed by atoms with van der Waals surface area (Å²) in [6.07, 6.45) is 0.233. The molecule has 1 aromatic rings. The lowest BCUT2D eigenvalue weighted by atomic mass is 10.2. The van der Waals surface area contributed by atoms with Crippen molar-refractivity contribution >= 4 is 17.6 Å². The molecule has 1 aromatic carbocycles. The molecule has 0 radical (unpaired) electrons. The predicted octanol–water partition coefficient (Wildman–Crippen LogP) is 1.96. The first-order valence-electron chi connectivity index (χ1n) is 6.81. The van der Waals surface area contributed by atoms with Crippen molar-refractivity contribution in [2.45, 2.75) is 20.3 Å². The van der Waals surface area contributed by atoms with Crippen LogP contribution in [0.3, 0.4) is 0 Å². The second kappa shape index (κ2) is 8.36. The zero-order chi connectivity index (χ0) is 15.8. The number of ether oxygens (including phenoxy) is 1. The highest BCUT2D eigenvalue weighted by molar-refractivity contribution is 5.93. The van der Waals surface area contributed by atoms with Gasteiger partial charge in [-0.15, -0.1) is 0 Å². The van der Waals surface area contributed by atoms with E-state index in [1.165, 1.54) is 19.2 Å². The molecule has 0 saturated heterocycles. The Labute approximate surface area is 124 Å². The van der Waals surface area contributed by atoms with Crippen LogP contribution in [0.15, 0.2) is 18.2 Å². The van der Waals surface area contributed by atoms with Crippen LogP contribution in [0.2, 0.25) is 0 Å². The summed E-state index contributed by atoms with van der Waals surface area (Å²) < 4.78 is 17.7. The molecule has 0 aliphatic carbocycles. The Morgan fingerprint density at radius 1 is 1.38 bits per heavy atom. The first kappa shape index (κ1) is 17.1. The molecule has 5 nitrogen and oxygen atoms in total. The summed E-state index contributed by atoms with van der Waals surface area (Å²) in [5, 5.41) is 2.68. The van der Waals surface area contributed by atoms with Crippen molar-refractivity contribution in [3.63, 3.8) is 0 Å². The normalized spacial score (nSPS) is 10.5. The van der Waals surface area contributed by atoms with Gasteiger partial charge in [-0.05, 0) is 31.2 Å². The minimum Gasteiger partial charge on any atom is -0.469 e. The minimum atomic E-state index is -0.395. The molecule has 21 heavy (non-hydrogen) atoms. The average Bonchev–Trinajstić information content (AvgIpc) is 2.46. The Balaban J connectivity index is 2.54. The topological polar surface area (TPSA) is 58.6 Å². The zero-order valence-electron chi connectivity index (χ0n) is 12.6. The number of hydrogen-bond donors (Lipinski definition) is 1. The number of carbonyl (C=O) groups is 2. The lowest BCUT2D eigenvalue weighted by Crippen LogP contribution is -2.34. The Morgan fingerprint density at radius 2 is 2.10 bits per heavy atom.